The predicted octanol–water partition coefficient (Wildman–Crippen LogP) is 3.59. The molecule has 7 nitrogen and oxygen atoms in total. The highest BCUT2D eigenvalue weighted by Gasteiger charge is 2.26. The number of urea groups is 1. The third kappa shape index (κ3) is 3.26. The first-order valence-corrected chi connectivity index (χ1v) is 11.2. The van der Waals surface area contributed by atoms with Crippen LogP contribution in [0, 0.1) is 0 Å². The van der Waals surface area contributed by atoms with E-state index in [1.807, 2.05) is 29.3 Å². The van der Waals surface area contributed by atoms with Gasteiger partial charge in [0.15, 0.2) is 0 Å². The quantitative estimate of drug-likeness (QED) is 0.656. The van der Waals surface area contributed by atoms with E-state index in [0.717, 1.165) is 73.5 Å². The van der Waals surface area contributed by atoms with Crippen LogP contribution < -0.4 is 15.3 Å². The molecule has 1 aliphatic carbocycles. The van der Waals surface area contributed by atoms with Gasteiger partial charge in [-0.25, -0.2) is 10.2 Å². The number of anilines is 2. The predicted molar refractivity (Wildman–Crippen MR) is 127 cm³/mol. The second-order valence-corrected chi connectivity index (χ2v) is 8.32. The van der Waals surface area contributed by atoms with E-state index in [1.165, 1.54) is 11.3 Å². The monoisotopic (exact) mass is 427 g/mol. The Morgan fingerprint density at radius 2 is 1.88 bits per heavy atom. The van der Waals surface area contributed by atoms with E-state index in [-0.39, 0.29) is 6.03 Å². The van der Waals surface area contributed by atoms with E-state index in [4.69, 9.17) is 4.74 Å². The molecule has 0 radical (unpaired) electrons. The minimum Gasteiger partial charge on any atom is -0.378 e. The number of morpholine rings is 1. The summed E-state index contributed by atoms with van der Waals surface area (Å²) in [5, 5.41) is 3.02. The van der Waals surface area contributed by atoms with Gasteiger partial charge in [-0.2, -0.15) is 4.99 Å². The molecule has 7 heteroatoms. The number of rotatable bonds is 2. The van der Waals surface area contributed by atoms with Crippen molar-refractivity contribution in [3.8, 4) is 0 Å². The average molecular weight is 428 g/mol. The molecular weight excluding hydrogens is 402 g/mol. The summed E-state index contributed by atoms with van der Waals surface area (Å²) < 4.78 is 5.50. The van der Waals surface area contributed by atoms with E-state index < -0.39 is 0 Å². The number of hydrogen-bond acceptors (Lipinski definition) is 4. The lowest BCUT2D eigenvalue weighted by Crippen LogP contribution is -2.40. The van der Waals surface area contributed by atoms with Crippen molar-refractivity contribution in [1.29, 1.82) is 0 Å². The van der Waals surface area contributed by atoms with Gasteiger partial charge in [-0.15, -0.1) is 0 Å². The highest BCUT2D eigenvalue weighted by Crippen LogP contribution is 2.35. The Bertz CT molecular complexity index is 1250. The Hall–Kier alpha value is -3.58. The van der Waals surface area contributed by atoms with Crippen molar-refractivity contribution in [3.05, 3.63) is 71.4 Å². The largest absolute Gasteiger partial charge is 0.378 e. The van der Waals surface area contributed by atoms with E-state index in [2.05, 4.69) is 50.6 Å². The summed E-state index contributed by atoms with van der Waals surface area (Å²) in [5.41, 5.74) is 10.5. The summed E-state index contributed by atoms with van der Waals surface area (Å²) in [6, 6.07) is 14.1. The van der Waals surface area contributed by atoms with Crippen molar-refractivity contribution in [2.75, 3.05) is 42.8 Å². The summed E-state index contributed by atoms with van der Waals surface area (Å²) in [4.78, 5) is 23.2. The summed E-state index contributed by atoms with van der Waals surface area (Å²) >= 11 is 0. The summed E-state index contributed by atoms with van der Waals surface area (Å²) in [6.07, 6.45) is 5.70. The van der Waals surface area contributed by atoms with Crippen molar-refractivity contribution >= 4 is 34.0 Å². The molecule has 1 saturated heterocycles. The maximum atomic E-state index is 12.9. The first kappa shape index (κ1) is 19.1. The van der Waals surface area contributed by atoms with Crippen molar-refractivity contribution in [2.45, 2.75) is 12.8 Å². The molecule has 2 N–H and O–H groups in total. The average Bonchev–Trinajstić information content (AvgIpc) is 3.41. The number of aromatic nitrogens is 1. The number of carbonyl (C=O) groups excluding carboxylic acids is 1. The van der Waals surface area contributed by atoms with Gasteiger partial charge < -0.3 is 14.6 Å². The Balaban J connectivity index is 1.26. The van der Waals surface area contributed by atoms with Crippen molar-refractivity contribution in [3.63, 3.8) is 0 Å². The van der Waals surface area contributed by atoms with Crippen molar-refractivity contribution < 1.29 is 9.53 Å². The van der Waals surface area contributed by atoms with E-state index >= 15 is 0 Å². The van der Waals surface area contributed by atoms with Gasteiger partial charge in [0, 0.05) is 59.5 Å². The van der Waals surface area contributed by atoms with Crippen LogP contribution in [0.3, 0.4) is 0 Å². The number of hydrogen-bond donors (Lipinski definition) is 2. The van der Waals surface area contributed by atoms with Crippen LogP contribution in [0.15, 0.2) is 59.6 Å². The van der Waals surface area contributed by atoms with Gasteiger partial charge in [0.05, 0.1) is 24.6 Å². The van der Waals surface area contributed by atoms with Crippen LogP contribution in [-0.2, 0) is 17.6 Å². The van der Waals surface area contributed by atoms with Crippen LogP contribution in [0.25, 0.3) is 10.9 Å². The second-order valence-electron chi connectivity index (χ2n) is 8.32. The molecule has 162 valence electrons. The molecule has 0 unspecified atom stereocenters. The Kier molecular flexibility index (Phi) is 4.69. The number of para-hydroxylation sites is 1. The Morgan fingerprint density at radius 1 is 1.03 bits per heavy atom. The van der Waals surface area contributed by atoms with E-state index in [9.17, 15) is 4.79 Å². The van der Waals surface area contributed by atoms with Gasteiger partial charge in [0.1, 0.15) is 0 Å². The SMILES string of the molecule is O=C(N=C1C=CCc2[nH]c3ccccc3c21)NN1CCc2c(N3CCOCC3)cccc21. The smallest absolute Gasteiger partial charge is 0.360 e. The topological polar surface area (TPSA) is 73.0 Å². The zero-order chi connectivity index (χ0) is 21.5. The molecule has 6 rings (SSSR count). The molecule has 3 aliphatic rings. The van der Waals surface area contributed by atoms with Gasteiger partial charge in [-0.3, -0.25) is 5.01 Å². The van der Waals surface area contributed by atoms with Crippen LogP contribution in [0.4, 0.5) is 16.2 Å². The lowest BCUT2D eigenvalue weighted by atomic mass is 9.99. The molecule has 0 atom stereocenters. The molecule has 1 aromatic heterocycles. The minimum absolute atomic E-state index is 0.354. The third-order valence-corrected chi connectivity index (χ3v) is 6.44. The molecule has 2 amide bonds. The number of aliphatic imine (C=N–C) groups is 1. The van der Waals surface area contributed by atoms with Gasteiger partial charge in [-0.05, 0) is 30.7 Å². The molecule has 3 heterocycles. The zero-order valence-electron chi connectivity index (χ0n) is 17.8. The second kappa shape index (κ2) is 7.84. The molecule has 3 aromatic rings. The lowest BCUT2D eigenvalue weighted by Gasteiger charge is -2.30. The first-order valence-electron chi connectivity index (χ1n) is 11.2. The first-order chi connectivity index (χ1) is 15.8. The van der Waals surface area contributed by atoms with Gasteiger partial charge >= 0.3 is 6.03 Å². The van der Waals surface area contributed by atoms with Crippen molar-refractivity contribution in [2.24, 2.45) is 4.99 Å². The fourth-order valence-electron chi connectivity index (χ4n) is 4.99. The maximum Gasteiger partial charge on any atom is 0.360 e. The van der Waals surface area contributed by atoms with Crippen LogP contribution in [0.2, 0.25) is 0 Å². The van der Waals surface area contributed by atoms with Crippen LogP contribution in [-0.4, -0.2) is 49.6 Å². The molecule has 0 saturated carbocycles. The number of nitrogens with one attached hydrogen (secondary N) is 2. The molecule has 32 heavy (non-hydrogen) atoms. The normalized spacial score (nSPS) is 18.8. The molecule has 0 spiro atoms. The van der Waals surface area contributed by atoms with Gasteiger partial charge in [0.2, 0.25) is 0 Å². The Morgan fingerprint density at radius 3 is 2.78 bits per heavy atom. The number of fused-ring (bicyclic) bond motifs is 4. The number of H-pyrrole nitrogens is 1. The van der Waals surface area contributed by atoms with E-state index in [1.54, 1.807) is 0 Å². The number of benzene rings is 2. The zero-order valence-corrected chi connectivity index (χ0v) is 17.8. The van der Waals surface area contributed by atoms with Gasteiger partial charge in [-0.1, -0.05) is 30.3 Å². The standard InChI is InChI=1S/C25H25N5O2/c31-25(27-21-8-3-7-20-24(21)17-5-1-2-6-19(17)26-20)28-30-12-11-18-22(9-4-10-23(18)30)29-13-15-32-16-14-29/h1-6,8-10,26H,7,11-16H2,(H,28,31). The number of carbonyl (C=O) groups is 1. The number of aromatic amines is 1. The number of hydrazine groups is 1. The third-order valence-electron chi connectivity index (χ3n) is 6.44. The van der Waals surface area contributed by atoms with Crippen LogP contribution in [0.1, 0.15) is 16.8 Å². The molecule has 0 bridgehead atoms. The number of ether oxygens (including phenoxy) is 1. The molecular formula is C25H25N5O2. The van der Waals surface area contributed by atoms with E-state index in [0.29, 0.717) is 5.71 Å². The Labute approximate surface area is 186 Å². The van der Waals surface area contributed by atoms with Gasteiger partial charge in [0.25, 0.3) is 0 Å². The lowest BCUT2D eigenvalue weighted by molar-refractivity contribution is 0.122. The maximum absolute atomic E-state index is 12.9. The highest BCUT2D eigenvalue weighted by molar-refractivity contribution is 6.20. The molecule has 2 aromatic carbocycles. The fourth-order valence-corrected chi connectivity index (χ4v) is 4.99. The summed E-state index contributed by atoms with van der Waals surface area (Å²) in [5.74, 6) is 0. The van der Waals surface area contributed by atoms with Crippen LogP contribution >= 0.6 is 0 Å². The summed E-state index contributed by atoms with van der Waals surface area (Å²) in [7, 11) is 0. The number of nitrogens with zero attached hydrogens (tertiary/aromatic N) is 3. The number of allylic oxidation sites excluding steroid dienone is 2. The number of amides is 2. The fraction of sp³-hybridized carbons (Fsp3) is 0.280. The molecule has 2 aliphatic heterocycles. The van der Waals surface area contributed by atoms with Crippen LogP contribution in [0.5, 0.6) is 0 Å². The molecule has 1 fully saturated rings. The highest BCUT2D eigenvalue weighted by atomic mass is 16.5. The summed E-state index contributed by atoms with van der Waals surface area (Å²) in [6.45, 7) is 4.04. The minimum atomic E-state index is -0.354. The van der Waals surface area contributed by atoms with Crippen molar-refractivity contribution in [1.82, 2.24) is 10.4 Å².